The zero-order chi connectivity index (χ0) is 14.7. The Balaban J connectivity index is 2.05. The number of methoxy groups -OCH3 is 1. The summed E-state index contributed by atoms with van der Waals surface area (Å²) in [7, 11) is 1.30. The van der Waals surface area contributed by atoms with E-state index in [-0.39, 0.29) is 18.5 Å². The van der Waals surface area contributed by atoms with Gasteiger partial charge in [-0.2, -0.15) is 0 Å². The number of hydrogen-bond donors (Lipinski definition) is 1. The lowest BCUT2D eigenvalue weighted by Crippen LogP contribution is -2.46. The monoisotopic (exact) mass is 276 g/mol. The summed E-state index contributed by atoms with van der Waals surface area (Å²) in [6, 6.07) is 7.80. The molecule has 0 fully saturated rings. The number of ether oxygens (including phenoxy) is 1. The van der Waals surface area contributed by atoms with Crippen molar-refractivity contribution in [1.82, 2.24) is 5.32 Å². The first kappa shape index (κ1) is 14.4. The number of fused-ring (bicyclic) bond motifs is 1. The molecule has 0 saturated carbocycles. The van der Waals surface area contributed by atoms with Crippen molar-refractivity contribution < 1.29 is 14.3 Å². The quantitative estimate of drug-likeness (QED) is 0.842. The molecule has 1 aromatic carbocycles. The molecule has 20 heavy (non-hydrogen) atoms. The normalized spacial score (nSPS) is 18.4. The van der Waals surface area contributed by atoms with Crippen LogP contribution in [0.1, 0.15) is 25.3 Å². The molecule has 108 valence electrons. The van der Waals surface area contributed by atoms with Gasteiger partial charge in [-0.1, -0.05) is 25.1 Å². The van der Waals surface area contributed by atoms with Crippen molar-refractivity contribution in [1.29, 1.82) is 0 Å². The lowest BCUT2D eigenvalue weighted by molar-refractivity contribution is -0.141. The average molecular weight is 276 g/mol. The molecule has 0 spiro atoms. The second-order valence-electron chi connectivity index (χ2n) is 5.08. The zero-order valence-corrected chi connectivity index (χ0v) is 12.1. The van der Waals surface area contributed by atoms with Gasteiger partial charge in [0.1, 0.15) is 12.6 Å². The largest absolute Gasteiger partial charge is 0.468 e. The molecule has 1 aliphatic rings. The van der Waals surface area contributed by atoms with Crippen molar-refractivity contribution in [3.63, 3.8) is 0 Å². The number of esters is 1. The van der Waals surface area contributed by atoms with Gasteiger partial charge in [0.2, 0.25) is 5.91 Å². The molecule has 0 radical (unpaired) electrons. The van der Waals surface area contributed by atoms with E-state index >= 15 is 0 Å². The number of carbonyl (C=O) groups excluding carboxylic acids is 2. The molecule has 1 heterocycles. The van der Waals surface area contributed by atoms with Crippen LogP contribution in [0.4, 0.5) is 5.69 Å². The summed E-state index contributed by atoms with van der Waals surface area (Å²) in [5.74, 6) is -0.206. The van der Waals surface area contributed by atoms with E-state index in [9.17, 15) is 9.59 Å². The van der Waals surface area contributed by atoms with Gasteiger partial charge in [0.05, 0.1) is 7.11 Å². The number of para-hydroxylation sites is 1. The van der Waals surface area contributed by atoms with Crippen molar-refractivity contribution in [2.24, 2.45) is 0 Å². The second-order valence-corrected chi connectivity index (χ2v) is 5.08. The lowest BCUT2D eigenvalue weighted by Gasteiger charge is -2.26. The number of amides is 1. The Hall–Kier alpha value is -2.04. The highest BCUT2D eigenvalue weighted by Gasteiger charge is 2.31. The number of nitrogens with zero attached hydrogens (tertiary/aromatic N) is 1. The van der Waals surface area contributed by atoms with Crippen LogP contribution in [0.2, 0.25) is 0 Å². The van der Waals surface area contributed by atoms with Crippen molar-refractivity contribution in [2.45, 2.75) is 25.8 Å². The topological polar surface area (TPSA) is 58.6 Å². The molecule has 1 N–H and O–H groups in total. The van der Waals surface area contributed by atoms with Gasteiger partial charge in [-0.05, 0) is 18.6 Å². The number of nitrogens with one attached hydrogen (secondary N) is 1. The zero-order valence-electron chi connectivity index (χ0n) is 12.1. The fraction of sp³-hybridized carbons (Fsp3) is 0.467. The fourth-order valence-corrected chi connectivity index (χ4v) is 2.54. The molecular formula is C15H20N2O3. The molecule has 2 rings (SSSR count). The molecule has 0 aromatic heterocycles. The van der Waals surface area contributed by atoms with Crippen LogP contribution < -0.4 is 10.2 Å². The predicted octanol–water partition coefficient (Wildman–Crippen LogP) is 1.29. The Morgan fingerprint density at radius 1 is 1.45 bits per heavy atom. The van der Waals surface area contributed by atoms with Crippen molar-refractivity contribution in [3.8, 4) is 0 Å². The van der Waals surface area contributed by atoms with Gasteiger partial charge in [0, 0.05) is 18.2 Å². The Labute approximate surface area is 118 Å². The van der Waals surface area contributed by atoms with E-state index in [1.165, 1.54) is 12.7 Å². The number of carbonyl (C=O) groups is 2. The summed E-state index contributed by atoms with van der Waals surface area (Å²) in [5, 5.41) is 2.60. The van der Waals surface area contributed by atoms with Crippen molar-refractivity contribution >= 4 is 17.6 Å². The molecule has 5 heteroatoms. The van der Waals surface area contributed by atoms with Gasteiger partial charge in [-0.15, -0.1) is 0 Å². The van der Waals surface area contributed by atoms with Crippen LogP contribution in [-0.2, 0) is 14.3 Å². The minimum atomic E-state index is -0.444. The molecular weight excluding hydrogens is 256 g/mol. The third-order valence-corrected chi connectivity index (χ3v) is 3.73. The first-order chi connectivity index (χ1) is 9.54. The molecule has 1 amide bonds. The van der Waals surface area contributed by atoms with E-state index in [2.05, 4.69) is 27.9 Å². The van der Waals surface area contributed by atoms with Gasteiger partial charge in [0.15, 0.2) is 0 Å². The molecule has 0 saturated heterocycles. The van der Waals surface area contributed by atoms with Gasteiger partial charge in [-0.25, -0.2) is 0 Å². The van der Waals surface area contributed by atoms with E-state index in [1.807, 2.05) is 25.1 Å². The minimum absolute atomic E-state index is 0.0925. The average Bonchev–Trinajstić information content (AvgIpc) is 2.81. The first-order valence-electron chi connectivity index (χ1n) is 6.74. The number of hydrogen-bond acceptors (Lipinski definition) is 4. The summed E-state index contributed by atoms with van der Waals surface area (Å²) in [5.41, 5.74) is 2.36. The number of anilines is 1. The minimum Gasteiger partial charge on any atom is -0.468 e. The Morgan fingerprint density at radius 2 is 2.15 bits per heavy atom. The second kappa shape index (κ2) is 5.94. The number of rotatable bonds is 4. The van der Waals surface area contributed by atoms with Crippen LogP contribution in [0.25, 0.3) is 0 Å². The SMILES string of the molecule is COC(=O)CNC(=O)[C@H](C)N1C[C@H](C)c2ccccc21. The van der Waals surface area contributed by atoms with Crippen LogP contribution in [-0.4, -0.2) is 38.1 Å². The molecule has 5 nitrogen and oxygen atoms in total. The van der Waals surface area contributed by atoms with E-state index in [1.54, 1.807) is 0 Å². The van der Waals surface area contributed by atoms with Crippen molar-refractivity contribution in [2.75, 3.05) is 25.1 Å². The highest BCUT2D eigenvalue weighted by molar-refractivity contribution is 5.88. The summed E-state index contributed by atoms with van der Waals surface area (Å²) in [6.45, 7) is 4.72. The van der Waals surface area contributed by atoms with E-state index in [0.717, 1.165) is 12.2 Å². The molecule has 0 unspecified atom stereocenters. The third kappa shape index (κ3) is 2.76. The Kier molecular flexibility index (Phi) is 4.27. The highest BCUT2D eigenvalue weighted by Crippen LogP contribution is 2.36. The summed E-state index contributed by atoms with van der Waals surface area (Å²) >= 11 is 0. The molecule has 1 aliphatic heterocycles. The Bertz CT molecular complexity index is 516. The van der Waals surface area contributed by atoms with Crippen LogP contribution in [0.15, 0.2) is 24.3 Å². The summed E-state index contributed by atoms with van der Waals surface area (Å²) in [6.07, 6.45) is 0. The lowest BCUT2D eigenvalue weighted by atomic mass is 10.0. The van der Waals surface area contributed by atoms with Gasteiger partial charge in [0.25, 0.3) is 0 Å². The summed E-state index contributed by atoms with van der Waals surface area (Å²) < 4.78 is 4.51. The van der Waals surface area contributed by atoms with Crippen LogP contribution in [0.3, 0.4) is 0 Å². The first-order valence-corrected chi connectivity index (χ1v) is 6.74. The molecule has 2 atom stereocenters. The van der Waals surface area contributed by atoms with Crippen LogP contribution in [0.5, 0.6) is 0 Å². The maximum absolute atomic E-state index is 12.1. The van der Waals surface area contributed by atoms with Crippen molar-refractivity contribution in [3.05, 3.63) is 29.8 Å². The highest BCUT2D eigenvalue weighted by atomic mass is 16.5. The number of benzene rings is 1. The van der Waals surface area contributed by atoms with Gasteiger partial charge < -0.3 is 15.0 Å². The predicted molar refractivity (Wildman–Crippen MR) is 76.7 cm³/mol. The molecule has 1 aromatic rings. The smallest absolute Gasteiger partial charge is 0.325 e. The van der Waals surface area contributed by atoms with Crippen LogP contribution in [0, 0.1) is 0 Å². The van der Waals surface area contributed by atoms with E-state index in [4.69, 9.17) is 0 Å². The van der Waals surface area contributed by atoms with E-state index in [0.29, 0.717) is 5.92 Å². The standard InChI is InChI=1S/C15H20N2O3/c1-10-9-17(13-7-5-4-6-12(10)13)11(2)15(19)16-8-14(18)20-3/h4-7,10-11H,8-9H2,1-3H3,(H,16,19)/t10-,11-/m0/s1. The van der Waals surface area contributed by atoms with E-state index < -0.39 is 5.97 Å². The van der Waals surface area contributed by atoms with Crippen LogP contribution >= 0.6 is 0 Å². The molecule has 0 bridgehead atoms. The third-order valence-electron chi connectivity index (χ3n) is 3.73. The summed E-state index contributed by atoms with van der Waals surface area (Å²) in [4.78, 5) is 25.2. The van der Waals surface area contributed by atoms with Gasteiger partial charge in [-0.3, -0.25) is 9.59 Å². The maximum Gasteiger partial charge on any atom is 0.325 e. The maximum atomic E-state index is 12.1. The molecule has 0 aliphatic carbocycles. The van der Waals surface area contributed by atoms with Gasteiger partial charge >= 0.3 is 5.97 Å². The fourth-order valence-electron chi connectivity index (χ4n) is 2.54. The Morgan fingerprint density at radius 3 is 2.85 bits per heavy atom.